The quantitative estimate of drug-likeness (QED) is 0.900. The zero-order chi connectivity index (χ0) is 13.0. The van der Waals surface area contributed by atoms with E-state index in [0.717, 1.165) is 0 Å². The summed E-state index contributed by atoms with van der Waals surface area (Å²) < 4.78 is 10.2. The van der Waals surface area contributed by atoms with Crippen LogP contribution < -0.4 is 10.1 Å². The molecule has 0 aliphatic heterocycles. The van der Waals surface area contributed by atoms with E-state index < -0.39 is 0 Å². The predicted octanol–water partition coefficient (Wildman–Crippen LogP) is 2.71. The fraction of sp³-hybridized carbons (Fsp3) is 0.231. The number of nitrogens with zero attached hydrogens (tertiary/aromatic N) is 1. The van der Waals surface area contributed by atoms with Gasteiger partial charge in [0, 0.05) is 6.07 Å². The highest BCUT2D eigenvalue weighted by atomic mass is 16.5. The number of benzene rings is 1. The molecule has 0 aliphatic carbocycles. The Balaban J connectivity index is 2.16. The summed E-state index contributed by atoms with van der Waals surface area (Å²) in [6.07, 6.45) is 1.39. The molecule has 1 aromatic carbocycles. The first-order chi connectivity index (χ1) is 8.66. The number of para-hydroxylation sites is 2. The SMILES string of the molecule is CC(C)Oc1ccccc1NC(=O)c1ccon1. The Hall–Kier alpha value is -2.30. The molecule has 0 unspecified atom stereocenters. The van der Waals surface area contributed by atoms with Crippen LogP contribution in [0.4, 0.5) is 5.69 Å². The summed E-state index contributed by atoms with van der Waals surface area (Å²) in [5.74, 6) is 0.299. The zero-order valence-corrected chi connectivity index (χ0v) is 10.2. The number of hydrogen-bond acceptors (Lipinski definition) is 4. The van der Waals surface area contributed by atoms with Gasteiger partial charge in [0.15, 0.2) is 5.69 Å². The molecule has 2 rings (SSSR count). The van der Waals surface area contributed by atoms with Crippen molar-refractivity contribution >= 4 is 11.6 Å². The van der Waals surface area contributed by atoms with E-state index in [2.05, 4.69) is 15.0 Å². The van der Waals surface area contributed by atoms with Gasteiger partial charge in [-0.1, -0.05) is 17.3 Å². The summed E-state index contributed by atoms with van der Waals surface area (Å²) in [6, 6.07) is 8.75. The number of ether oxygens (including phenoxy) is 1. The minimum atomic E-state index is -0.330. The van der Waals surface area contributed by atoms with E-state index in [1.54, 1.807) is 12.1 Å². The summed E-state index contributed by atoms with van der Waals surface area (Å²) in [6.45, 7) is 3.85. The second kappa shape index (κ2) is 5.35. The van der Waals surface area contributed by atoms with Crippen LogP contribution in [0.5, 0.6) is 5.75 Å². The minimum Gasteiger partial charge on any atom is -0.489 e. The van der Waals surface area contributed by atoms with Crippen molar-refractivity contribution in [1.29, 1.82) is 0 Å². The van der Waals surface area contributed by atoms with Crippen molar-refractivity contribution < 1.29 is 14.1 Å². The van der Waals surface area contributed by atoms with Crippen molar-refractivity contribution in [3.05, 3.63) is 42.3 Å². The minimum absolute atomic E-state index is 0.0371. The van der Waals surface area contributed by atoms with Gasteiger partial charge < -0.3 is 14.6 Å². The van der Waals surface area contributed by atoms with E-state index in [9.17, 15) is 4.79 Å². The normalized spacial score (nSPS) is 10.4. The van der Waals surface area contributed by atoms with Crippen LogP contribution in [0, 0.1) is 0 Å². The number of aromatic nitrogens is 1. The van der Waals surface area contributed by atoms with Crippen LogP contribution in [0.15, 0.2) is 41.1 Å². The molecule has 0 bridgehead atoms. The summed E-state index contributed by atoms with van der Waals surface area (Å²) in [7, 11) is 0. The lowest BCUT2D eigenvalue weighted by molar-refractivity contribution is 0.101. The maximum absolute atomic E-state index is 11.8. The molecule has 18 heavy (non-hydrogen) atoms. The molecular weight excluding hydrogens is 232 g/mol. The van der Waals surface area contributed by atoms with Crippen molar-refractivity contribution in [3.8, 4) is 5.75 Å². The molecule has 5 heteroatoms. The Bertz CT molecular complexity index is 521. The molecule has 0 atom stereocenters. The molecule has 0 fully saturated rings. The van der Waals surface area contributed by atoms with Gasteiger partial charge in [-0.3, -0.25) is 4.79 Å². The Morgan fingerprint density at radius 2 is 2.11 bits per heavy atom. The van der Waals surface area contributed by atoms with E-state index in [-0.39, 0.29) is 17.7 Å². The highest BCUT2D eigenvalue weighted by Gasteiger charge is 2.12. The first-order valence-electron chi connectivity index (χ1n) is 5.64. The summed E-state index contributed by atoms with van der Waals surface area (Å²) in [5, 5.41) is 6.31. The molecule has 2 aromatic rings. The van der Waals surface area contributed by atoms with Crippen LogP contribution in [0.2, 0.25) is 0 Å². The molecule has 5 nitrogen and oxygen atoms in total. The lowest BCUT2D eigenvalue weighted by Crippen LogP contribution is -2.14. The number of anilines is 1. The topological polar surface area (TPSA) is 64.4 Å². The molecule has 1 aromatic heterocycles. The third-order valence-electron chi connectivity index (χ3n) is 2.17. The van der Waals surface area contributed by atoms with E-state index in [0.29, 0.717) is 11.4 Å². The van der Waals surface area contributed by atoms with E-state index in [1.807, 2.05) is 26.0 Å². The first kappa shape index (κ1) is 12.2. The van der Waals surface area contributed by atoms with Crippen LogP contribution in [0.25, 0.3) is 0 Å². The van der Waals surface area contributed by atoms with Crippen LogP contribution in [-0.2, 0) is 0 Å². The van der Waals surface area contributed by atoms with Gasteiger partial charge in [0.25, 0.3) is 5.91 Å². The molecule has 0 radical (unpaired) electrons. The van der Waals surface area contributed by atoms with Gasteiger partial charge in [0.05, 0.1) is 11.8 Å². The highest BCUT2D eigenvalue weighted by Crippen LogP contribution is 2.25. The fourth-order valence-corrected chi connectivity index (χ4v) is 1.44. The van der Waals surface area contributed by atoms with E-state index in [1.165, 1.54) is 12.3 Å². The molecule has 1 amide bonds. The van der Waals surface area contributed by atoms with Crippen LogP contribution in [0.3, 0.4) is 0 Å². The molecule has 1 N–H and O–H groups in total. The fourth-order valence-electron chi connectivity index (χ4n) is 1.44. The largest absolute Gasteiger partial charge is 0.489 e. The number of nitrogens with one attached hydrogen (secondary N) is 1. The second-order valence-electron chi connectivity index (χ2n) is 4.00. The summed E-state index contributed by atoms with van der Waals surface area (Å²) in [5.41, 5.74) is 0.841. The Morgan fingerprint density at radius 1 is 1.33 bits per heavy atom. The van der Waals surface area contributed by atoms with E-state index in [4.69, 9.17) is 4.74 Å². The molecule has 1 heterocycles. The number of carbonyl (C=O) groups excluding carboxylic acids is 1. The number of hydrogen-bond donors (Lipinski definition) is 1. The van der Waals surface area contributed by atoms with Gasteiger partial charge in [-0.2, -0.15) is 0 Å². The van der Waals surface area contributed by atoms with Gasteiger partial charge in [-0.05, 0) is 26.0 Å². The summed E-state index contributed by atoms with van der Waals surface area (Å²) in [4.78, 5) is 11.8. The Morgan fingerprint density at radius 3 is 2.78 bits per heavy atom. The third-order valence-corrected chi connectivity index (χ3v) is 2.17. The maximum Gasteiger partial charge on any atom is 0.277 e. The number of carbonyl (C=O) groups is 1. The number of rotatable bonds is 4. The molecule has 0 aliphatic rings. The van der Waals surface area contributed by atoms with Gasteiger partial charge in [0.1, 0.15) is 12.0 Å². The highest BCUT2D eigenvalue weighted by molar-refractivity contribution is 6.03. The maximum atomic E-state index is 11.8. The van der Waals surface area contributed by atoms with Crippen molar-refractivity contribution in [2.75, 3.05) is 5.32 Å². The lowest BCUT2D eigenvalue weighted by Gasteiger charge is -2.14. The zero-order valence-electron chi connectivity index (χ0n) is 10.2. The Labute approximate surface area is 105 Å². The smallest absolute Gasteiger partial charge is 0.277 e. The molecular formula is C13H14N2O3. The predicted molar refractivity (Wildman–Crippen MR) is 66.7 cm³/mol. The molecule has 0 saturated heterocycles. The van der Waals surface area contributed by atoms with Gasteiger partial charge in [-0.25, -0.2) is 0 Å². The van der Waals surface area contributed by atoms with Crippen molar-refractivity contribution in [2.45, 2.75) is 20.0 Å². The molecule has 94 valence electrons. The van der Waals surface area contributed by atoms with Gasteiger partial charge in [-0.15, -0.1) is 0 Å². The van der Waals surface area contributed by atoms with Gasteiger partial charge >= 0.3 is 0 Å². The first-order valence-corrected chi connectivity index (χ1v) is 5.64. The lowest BCUT2D eigenvalue weighted by atomic mass is 10.2. The second-order valence-corrected chi connectivity index (χ2v) is 4.00. The van der Waals surface area contributed by atoms with Crippen molar-refractivity contribution in [1.82, 2.24) is 5.16 Å². The monoisotopic (exact) mass is 246 g/mol. The van der Waals surface area contributed by atoms with Gasteiger partial charge in [0.2, 0.25) is 0 Å². The standard InChI is InChI=1S/C13H14N2O3/c1-9(2)18-12-6-4-3-5-10(12)14-13(16)11-7-8-17-15-11/h3-9H,1-2H3,(H,14,16). The molecule has 0 saturated carbocycles. The average Bonchev–Trinajstić information content (AvgIpc) is 2.84. The number of amides is 1. The van der Waals surface area contributed by atoms with E-state index >= 15 is 0 Å². The van der Waals surface area contributed by atoms with Crippen molar-refractivity contribution in [3.63, 3.8) is 0 Å². The third kappa shape index (κ3) is 2.88. The average molecular weight is 246 g/mol. The van der Waals surface area contributed by atoms with Crippen molar-refractivity contribution in [2.24, 2.45) is 0 Å². The Kier molecular flexibility index (Phi) is 3.62. The van der Waals surface area contributed by atoms with Crippen LogP contribution >= 0.6 is 0 Å². The van der Waals surface area contributed by atoms with Crippen LogP contribution in [-0.4, -0.2) is 17.2 Å². The van der Waals surface area contributed by atoms with Crippen LogP contribution in [0.1, 0.15) is 24.3 Å². The molecule has 0 spiro atoms. The summed E-state index contributed by atoms with van der Waals surface area (Å²) >= 11 is 0.